The van der Waals surface area contributed by atoms with Crippen molar-refractivity contribution in [2.24, 2.45) is 5.10 Å². The normalized spacial score (nSPS) is 14.1. The zero-order chi connectivity index (χ0) is 17.6. The maximum Gasteiger partial charge on any atom is 0.339 e. The third-order valence-corrected chi connectivity index (χ3v) is 4.44. The van der Waals surface area contributed by atoms with Crippen molar-refractivity contribution in [3.05, 3.63) is 59.2 Å². The Morgan fingerprint density at radius 2 is 1.84 bits per heavy atom. The van der Waals surface area contributed by atoms with Gasteiger partial charge in [0.25, 0.3) is 0 Å². The van der Waals surface area contributed by atoms with E-state index in [1.54, 1.807) is 6.21 Å². The molecule has 1 fully saturated rings. The highest BCUT2D eigenvalue weighted by Gasteiger charge is 2.13. The predicted octanol–water partition coefficient (Wildman–Crippen LogP) is 4.06. The van der Waals surface area contributed by atoms with Gasteiger partial charge in [-0.2, -0.15) is 5.10 Å². The maximum absolute atomic E-state index is 11.9. The number of urea groups is 1. The number of anilines is 2. The number of hydrogen-bond acceptors (Lipinski definition) is 3. The zero-order valence-electron chi connectivity index (χ0n) is 14.7. The SMILES string of the molecule is Cc1ccccc1NC(=O)N/N=C\c1ccc(N2CCCC2)c(C)c1. The molecule has 0 bridgehead atoms. The number of nitrogens with zero attached hydrogens (tertiary/aromatic N) is 2. The van der Waals surface area contributed by atoms with E-state index in [4.69, 9.17) is 0 Å². The average molecular weight is 336 g/mol. The Morgan fingerprint density at radius 3 is 2.56 bits per heavy atom. The van der Waals surface area contributed by atoms with Crippen molar-refractivity contribution in [2.75, 3.05) is 23.3 Å². The first-order chi connectivity index (χ1) is 12.1. The van der Waals surface area contributed by atoms with E-state index < -0.39 is 0 Å². The standard InChI is InChI=1S/C20H24N4O/c1-15-7-3-4-8-18(15)22-20(25)23-21-14-17-9-10-19(16(2)13-17)24-11-5-6-12-24/h3-4,7-10,13-14H,5-6,11-12H2,1-2H3,(H2,22,23,25)/b21-14-. The molecule has 2 amide bonds. The Labute approximate surface area is 148 Å². The van der Waals surface area contributed by atoms with Crippen LogP contribution in [0, 0.1) is 13.8 Å². The lowest BCUT2D eigenvalue weighted by Gasteiger charge is -2.20. The van der Waals surface area contributed by atoms with Crippen LogP contribution < -0.4 is 15.6 Å². The number of amides is 2. The molecule has 25 heavy (non-hydrogen) atoms. The Morgan fingerprint density at radius 1 is 1.08 bits per heavy atom. The number of benzene rings is 2. The molecule has 2 aromatic carbocycles. The molecule has 5 nitrogen and oxygen atoms in total. The molecule has 1 aliphatic heterocycles. The quantitative estimate of drug-likeness (QED) is 0.653. The van der Waals surface area contributed by atoms with Gasteiger partial charge in [-0.1, -0.05) is 24.3 Å². The van der Waals surface area contributed by atoms with Crippen molar-refractivity contribution in [3.8, 4) is 0 Å². The summed E-state index contributed by atoms with van der Waals surface area (Å²) >= 11 is 0. The molecule has 130 valence electrons. The van der Waals surface area contributed by atoms with E-state index in [2.05, 4.69) is 39.8 Å². The van der Waals surface area contributed by atoms with Gasteiger partial charge in [0.05, 0.1) is 6.21 Å². The molecule has 1 aliphatic rings. The summed E-state index contributed by atoms with van der Waals surface area (Å²) in [4.78, 5) is 14.3. The Balaban J connectivity index is 1.57. The summed E-state index contributed by atoms with van der Waals surface area (Å²) in [6.45, 7) is 6.33. The molecule has 0 radical (unpaired) electrons. The van der Waals surface area contributed by atoms with E-state index in [1.165, 1.54) is 24.1 Å². The van der Waals surface area contributed by atoms with Crippen molar-refractivity contribution in [1.29, 1.82) is 0 Å². The fraction of sp³-hybridized carbons (Fsp3) is 0.300. The van der Waals surface area contributed by atoms with Crippen LogP contribution in [-0.2, 0) is 0 Å². The highest BCUT2D eigenvalue weighted by Crippen LogP contribution is 2.24. The highest BCUT2D eigenvalue weighted by molar-refractivity contribution is 5.91. The summed E-state index contributed by atoms with van der Waals surface area (Å²) in [5, 5.41) is 6.82. The molecule has 0 aromatic heterocycles. The average Bonchev–Trinajstić information content (AvgIpc) is 3.11. The van der Waals surface area contributed by atoms with Crippen LogP contribution in [0.15, 0.2) is 47.6 Å². The number of carbonyl (C=O) groups is 1. The van der Waals surface area contributed by atoms with Crippen LogP contribution in [-0.4, -0.2) is 25.3 Å². The van der Waals surface area contributed by atoms with E-state index in [0.717, 1.165) is 29.9 Å². The number of rotatable bonds is 4. The van der Waals surface area contributed by atoms with Crippen molar-refractivity contribution >= 4 is 23.6 Å². The number of nitrogens with one attached hydrogen (secondary N) is 2. The van der Waals surface area contributed by atoms with E-state index >= 15 is 0 Å². The lowest BCUT2D eigenvalue weighted by molar-refractivity contribution is 0.252. The molecule has 0 aliphatic carbocycles. The van der Waals surface area contributed by atoms with E-state index in [1.807, 2.05) is 37.3 Å². The van der Waals surface area contributed by atoms with E-state index in [0.29, 0.717) is 0 Å². The Kier molecular flexibility index (Phi) is 5.33. The molecule has 0 atom stereocenters. The fourth-order valence-corrected chi connectivity index (χ4v) is 3.10. The lowest BCUT2D eigenvalue weighted by Crippen LogP contribution is -2.24. The van der Waals surface area contributed by atoms with Gasteiger partial charge in [0.1, 0.15) is 0 Å². The van der Waals surface area contributed by atoms with Crippen LogP contribution in [0.4, 0.5) is 16.2 Å². The molecular weight excluding hydrogens is 312 g/mol. The summed E-state index contributed by atoms with van der Waals surface area (Å²) in [5.41, 5.74) is 7.79. The molecule has 2 aromatic rings. The first-order valence-corrected chi connectivity index (χ1v) is 8.65. The summed E-state index contributed by atoms with van der Waals surface area (Å²) in [6, 6.07) is 13.5. The summed E-state index contributed by atoms with van der Waals surface area (Å²) < 4.78 is 0. The van der Waals surface area contributed by atoms with Crippen LogP contribution in [0.5, 0.6) is 0 Å². The first-order valence-electron chi connectivity index (χ1n) is 8.65. The lowest BCUT2D eigenvalue weighted by atomic mass is 10.1. The van der Waals surface area contributed by atoms with Gasteiger partial charge in [0.2, 0.25) is 0 Å². The second-order valence-electron chi connectivity index (χ2n) is 6.38. The van der Waals surface area contributed by atoms with Crippen molar-refractivity contribution in [3.63, 3.8) is 0 Å². The Bertz CT molecular complexity index is 779. The second kappa shape index (κ2) is 7.83. The number of hydrogen-bond donors (Lipinski definition) is 2. The predicted molar refractivity (Wildman–Crippen MR) is 104 cm³/mol. The van der Waals surface area contributed by atoms with Gasteiger partial charge in [0, 0.05) is 24.5 Å². The molecule has 0 spiro atoms. The molecule has 1 saturated heterocycles. The van der Waals surface area contributed by atoms with Gasteiger partial charge >= 0.3 is 6.03 Å². The number of carbonyl (C=O) groups excluding carboxylic acids is 1. The first kappa shape index (κ1) is 17.0. The van der Waals surface area contributed by atoms with Crippen LogP contribution in [0.1, 0.15) is 29.5 Å². The minimum absolute atomic E-state index is 0.351. The number of hydrazone groups is 1. The smallest absolute Gasteiger partial charge is 0.339 e. The van der Waals surface area contributed by atoms with Crippen LogP contribution in [0.2, 0.25) is 0 Å². The third-order valence-electron chi connectivity index (χ3n) is 4.44. The second-order valence-corrected chi connectivity index (χ2v) is 6.38. The summed E-state index contributed by atoms with van der Waals surface area (Å²) in [7, 11) is 0. The van der Waals surface area contributed by atoms with E-state index in [9.17, 15) is 4.79 Å². The fourth-order valence-electron chi connectivity index (χ4n) is 3.10. The highest BCUT2D eigenvalue weighted by atomic mass is 16.2. The largest absolute Gasteiger partial charge is 0.371 e. The zero-order valence-corrected chi connectivity index (χ0v) is 14.7. The number of para-hydroxylation sites is 1. The monoisotopic (exact) mass is 336 g/mol. The summed E-state index contributed by atoms with van der Waals surface area (Å²) in [6.07, 6.45) is 4.20. The molecule has 1 heterocycles. The van der Waals surface area contributed by atoms with Gasteiger partial charge in [-0.25, -0.2) is 10.2 Å². The molecular formula is C20H24N4O. The molecule has 3 rings (SSSR count). The maximum atomic E-state index is 11.9. The van der Waals surface area contributed by atoms with Crippen LogP contribution >= 0.6 is 0 Å². The van der Waals surface area contributed by atoms with Gasteiger partial charge in [0.15, 0.2) is 0 Å². The summed E-state index contributed by atoms with van der Waals surface area (Å²) in [5.74, 6) is 0. The third kappa shape index (κ3) is 4.38. The van der Waals surface area contributed by atoms with Crippen LogP contribution in [0.3, 0.4) is 0 Å². The minimum atomic E-state index is -0.351. The minimum Gasteiger partial charge on any atom is -0.371 e. The molecule has 0 saturated carbocycles. The van der Waals surface area contributed by atoms with Crippen LogP contribution in [0.25, 0.3) is 0 Å². The van der Waals surface area contributed by atoms with E-state index in [-0.39, 0.29) is 6.03 Å². The van der Waals surface area contributed by atoms with Gasteiger partial charge in [-0.05, 0) is 61.6 Å². The Hall–Kier alpha value is -2.82. The molecule has 5 heteroatoms. The number of aryl methyl sites for hydroxylation is 2. The van der Waals surface area contributed by atoms with Crippen molar-refractivity contribution < 1.29 is 4.79 Å². The molecule has 2 N–H and O–H groups in total. The molecule has 0 unspecified atom stereocenters. The van der Waals surface area contributed by atoms with Crippen molar-refractivity contribution in [1.82, 2.24) is 5.43 Å². The van der Waals surface area contributed by atoms with Gasteiger partial charge in [-0.3, -0.25) is 0 Å². The van der Waals surface area contributed by atoms with Crippen molar-refractivity contribution in [2.45, 2.75) is 26.7 Å². The topological polar surface area (TPSA) is 56.7 Å². The van der Waals surface area contributed by atoms with Gasteiger partial charge in [-0.15, -0.1) is 0 Å². The van der Waals surface area contributed by atoms with Gasteiger partial charge < -0.3 is 10.2 Å².